The van der Waals surface area contributed by atoms with Crippen LogP contribution in [0.5, 0.6) is 0 Å². The Morgan fingerprint density at radius 3 is 2.69 bits per heavy atom. The maximum atomic E-state index is 5.55. The summed E-state index contributed by atoms with van der Waals surface area (Å²) in [6.45, 7) is 4.91. The first-order valence-corrected chi connectivity index (χ1v) is 4.82. The standard InChI is InChI=1S/C11H18N2/c1-3-10-6-4-5-7-11(10)13-9(2)8-12/h4-7,9,13H,3,8,12H2,1-2H3. The lowest BCUT2D eigenvalue weighted by Gasteiger charge is -2.15. The number of nitrogens with one attached hydrogen (secondary N) is 1. The van der Waals surface area contributed by atoms with E-state index in [0.717, 1.165) is 6.42 Å². The Morgan fingerprint density at radius 1 is 1.38 bits per heavy atom. The summed E-state index contributed by atoms with van der Waals surface area (Å²) in [6, 6.07) is 8.70. The zero-order chi connectivity index (χ0) is 9.68. The van der Waals surface area contributed by atoms with Gasteiger partial charge in [-0.05, 0) is 25.0 Å². The molecule has 0 spiro atoms. The van der Waals surface area contributed by atoms with Gasteiger partial charge in [-0.25, -0.2) is 0 Å². The molecule has 1 aromatic rings. The molecule has 0 amide bonds. The highest BCUT2D eigenvalue weighted by molar-refractivity contribution is 5.51. The SMILES string of the molecule is CCc1ccccc1NC(C)CN. The monoisotopic (exact) mass is 178 g/mol. The minimum Gasteiger partial charge on any atom is -0.381 e. The van der Waals surface area contributed by atoms with Crippen LogP contribution in [0.4, 0.5) is 5.69 Å². The maximum Gasteiger partial charge on any atom is 0.0375 e. The van der Waals surface area contributed by atoms with Crippen molar-refractivity contribution < 1.29 is 0 Å². The quantitative estimate of drug-likeness (QED) is 0.740. The van der Waals surface area contributed by atoms with Gasteiger partial charge in [-0.2, -0.15) is 0 Å². The number of anilines is 1. The van der Waals surface area contributed by atoms with Gasteiger partial charge >= 0.3 is 0 Å². The normalized spacial score (nSPS) is 12.5. The predicted octanol–water partition coefficient (Wildman–Crippen LogP) is 2.01. The Hall–Kier alpha value is -1.02. The van der Waals surface area contributed by atoms with Crippen LogP contribution in [0, 0.1) is 0 Å². The number of hydrogen-bond acceptors (Lipinski definition) is 2. The first kappa shape index (κ1) is 10.1. The fourth-order valence-corrected chi connectivity index (χ4v) is 1.29. The Morgan fingerprint density at radius 2 is 2.08 bits per heavy atom. The average molecular weight is 178 g/mol. The van der Waals surface area contributed by atoms with Gasteiger partial charge in [0, 0.05) is 18.3 Å². The van der Waals surface area contributed by atoms with E-state index in [1.54, 1.807) is 0 Å². The van der Waals surface area contributed by atoms with Gasteiger partial charge in [0.25, 0.3) is 0 Å². The Kier molecular flexibility index (Phi) is 3.77. The molecule has 3 N–H and O–H groups in total. The minimum atomic E-state index is 0.340. The largest absolute Gasteiger partial charge is 0.381 e. The first-order chi connectivity index (χ1) is 6.27. The molecule has 1 aromatic carbocycles. The summed E-state index contributed by atoms with van der Waals surface area (Å²) in [5.41, 5.74) is 8.11. The van der Waals surface area contributed by atoms with E-state index in [9.17, 15) is 0 Å². The molecule has 0 aromatic heterocycles. The van der Waals surface area contributed by atoms with Crippen LogP contribution in [-0.2, 0) is 6.42 Å². The fourth-order valence-electron chi connectivity index (χ4n) is 1.29. The molecule has 2 nitrogen and oxygen atoms in total. The van der Waals surface area contributed by atoms with Crippen LogP contribution in [0.15, 0.2) is 24.3 Å². The van der Waals surface area contributed by atoms with Crippen LogP contribution in [0.1, 0.15) is 19.4 Å². The van der Waals surface area contributed by atoms with E-state index in [1.807, 2.05) is 6.07 Å². The van der Waals surface area contributed by atoms with Gasteiger partial charge < -0.3 is 11.1 Å². The van der Waals surface area contributed by atoms with Gasteiger partial charge in [-0.3, -0.25) is 0 Å². The van der Waals surface area contributed by atoms with Gasteiger partial charge in [0.15, 0.2) is 0 Å². The summed E-state index contributed by atoms with van der Waals surface area (Å²) in [5, 5.41) is 3.39. The Balaban J connectivity index is 2.74. The van der Waals surface area contributed by atoms with E-state index in [2.05, 4.69) is 37.4 Å². The van der Waals surface area contributed by atoms with E-state index in [1.165, 1.54) is 11.3 Å². The molecule has 0 heterocycles. The van der Waals surface area contributed by atoms with E-state index in [0.29, 0.717) is 12.6 Å². The third kappa shape index (κ3) is 2.74. The predicted molar refractivity (Wildman–Crippen MR) is 58.0 cm³/mol. The van der Waals surface area contributed by atoms with Crippen molar-refractivity contribution >= 4 is 5.69 Å². The highest BCUT2D eigenvalue weighted by atomic mass is 14.9. The molecule has 0 bridgehead atoms. The molecule has 13 heavy (non-hydrogen) atoms. The molecule has 1 rings (SSSR count). The lowest BCUT2D eigenvalue weighted by molar-refractivity contribution is 0.801. The minimum absolute atomic E-state index is 0.340. The summed E-state index contributed by atoms with van der Waals surface area (Å²) >= 11 is 0. The van der Waals surface area contributed by atoms with Crippen LogP contribution in [0.2, 0.25) is 0 Å². The summed E-state index contributed by atoms with van der Waals surface area (Å²) in [4.78, 5) is 0. The first-order valence-electron chi connectivity index (χ1n) is 4.82. The summed E-state index contributed by atoms with van der Waals surface area (Å²) < 4.78 is 0. The van der Waals surface area contributed by atoms with E-state index in [-0.39, 0.29) is 0 Å². The van der Waals surface area contributed by atoms with Crippen molar-refractivity contribution in [3.63, 3.8) is 0 Å². The molecule has 72 valence electrons. The van der Waals surface area contributed by atoms with E-state index < -0.39 is 0 Å². The highest BCUT2D eigenvalue weighted by Gasteiger charge is 2.01. The topological polar surface area (TPSA) is 38.0 Å². The number of aryl methyl sites for hydroxylation is 1. The molecule has 0 aliphatic rings. The van der Waals surface area contributed by atoms with E-state index in [4.69, 9.17) is 5.73 Å². The lowest BCUT2D eigenvalue weighted by Crippen LogP contribution is -2.25. The van der Waals surface area contributed by atoms with Crippen molar-refractivity contribution in [1.29, 1.82) is 0 Å². The maximum absolute atomic E-state index is 5.55. The molecule has 0 fully saturated rings. The molecule has 0 radical (unpaired) electrons. The number of benzene rings is 1. The van der Waals surface area contributed by atoms with Gasteiger partial charge in [-0.15, -0.1) is 0 Å². The zero-order valence-electron chi connectivity index (χ0n) is 8.38. The van der Waals surface area contributed by atoms with Gasteiger partial charge in [0.2, 0.25) is 0 Å². The van der Waals surface area contributed by atoms with Crippen LogP contribution >= 0.6 is 0 Å². The van der Waals surface area contributed by atoms with Gasteiger partial charge in [-0.1, -0.05) is 25.1 Å². The van der Waals surface area contributed by atoms with Crippen LogP contribution in [0.25, 0.3) is 0 Å². The number of nitrogens with two attached hydrogens (primary N) is 1. The van der Waals surface area contributed by atoms with E-state index >= 15 is 0 Å². The Labute approximate surface area is 80.1 Å². The molecular formula is C11H18N2. The molecule has 0 aliphatic heterocycles. The average Bonchev–Trinajstić information content (AvgIpc) is 2.18. The molecule has 0 saturated carbocycles. The smallest absolute Gasteiger partial charge is 0.0375 e. The Bertz CT molecular complexity index is 258. The van der Waals surface area contributed by atoms with Crippen molar-refractivity contribution in [2.45, 2.75) is 26.3 Å². The number of para-hydroxylation sites is 1. The second kappa shape index (κ2) is 4.87. The molecule has 1 unspecified atom stereocenters. The summed E-state index contributed by atoms with van der Waals surface area (Å²) in [5.74, 6) is 0. The van der Waals surface area contributed by atoms with Crippen molar-refractivity contribution in [3.8, 4) is 0 Å². The number of rotatable bonds is 4. The van der Waals surface area contributed by atoms with Crippen LogP contribution in [-0.4, -0.2) is 12.6 Å². The molecular weight excluding hydrogens is 160 g/mol. The molecule has 1 atom stereocenters. The van der Waals surface area contributed by atoms with Crippen LogP contribution in [0.3, 0.4) is 0 Å². The highest BCUT2D eigenvalue weighted by Crippen LogP contribution is 2.15. The molecule has 0 saturated heterocycles. The van der Waals surface area contributed by atoms with Gasteiger partial charge in [0.1, 0.15) is 0 Å². The van der Waals surface area contributed by atoms with Crippen molar-refractivity contribution in [1.82, 2.24) is 0 Å². The van der Waals surface area contributed by atoms with Crippen molar-refractivity contribution in [2.24, 2.45) is 5.73 Å². The zero-order valence-corrected chi connectivity index (χ0v) is 8.38. The van der Waals surface area contributed by atoms with Crippen molar-refractivity contribution in [2.75, 3.05) is 11.9 Å². The third-order valence-electron chi connectivity index (χ3n) is 2.15. The second-order valence-electron chi connectivity index (χ2n) is 3.29. The van der Waals surface area contributed by atoms with Gasteiger partial charge in [0.05, 0.1) is 0 Å². The molecule has 0 aliphatic carbocycles. The lowest BCUT2D eigenvalue weighted by atomic mass is 10.1. The third-order valence-corrected chi connectivity index (χ3v) is 2.15. The summed E-state index contributed by atoms with van der Waals surface area (Å²) in [6.07, 6.45) is 1.06. The number of hydrogen-bond donors (Lipinski definition) is 2. The molecule has 2 heteroatoms. The summed E-state index contributed by atoms with van der Waals surface area (Å²) in [7, 11) is 0. The second-order valence-corrected chi connectivity index (χ2v) is 3.29. The fraction of sp³-hybridized carbons (Fsp3) is 0.455. The van der Waals surface area contributed by atoms with Crippen LogP contribution < -0.4 is 11.1 Å². The van der Waals surface area contributed by atoms with Crippen molar-refractivity contribution in [3.05, 3.63) is 29.8 Å².